The molecule has 1 nitrogen and oxygen atoms in total. The molecule has 0 radical (unpaired) electrons. The van der Waals surface area contributed by atoms with Gasteiger partial charge in [-0.3, -0.25) is 0 Å². The predicted octanol–water partition coefficient (Wildman–Crippen LogP) is 0.836. The van der Waals surface area contributed by atoms with Crippen LogP contribution < -0.4 is 4.90 Å². The molecule has 1 aromatic carbocycles. The first-order valence-electron chi connectivity index (χ1n) is 3.03. The third-order valence-corrected chi connectivity index (χ3v) is 1.27. The Morgan fingerprint density at radius 3 is 1.80 bits per heavy atom. The third-order valence-electron chi connectivity index (χ3n) is 1.27. The van der Waals surface area contributed by atoms with Crippen LogP contribution in [-0.4, -0.2) is 37.1 Å². The van der Waals surface area contributed by atoms with Gasteiger partial charge in [-0.25, -0.2) is 0 Å². The van der Waals surface area contributed by atoms with Crippen LogP contribution in [0.25, 0.3) is 0 Å². The van der Waals surface area contributed by atoms with Crippen molar-refractivity contribution in [2.75, 3.05) is 19.0 Å². The van der Waals surface area contributed by atoms with Gasteiger partial charge in [0.1, 0.15) is 0 Å². The molecule has 0 aliphatic carbocycles. The molecule has 0 N–H and O–H groups in total. The molecule has 0 amide bonds. The number of para-hydroxylation sites is 1. The van der Waals surface area contributed by atoms with Crippen molar-refractivity contribution in [2.24, 2.45) is 0 Å². The summed E-state index contributed by atoms with van der Waals surface area (Å²) in [6.45, 7) is 0. The molecule has 0 saturated heterocycles. The van der Waals surface area contributed by atoms with E-state index in [2.05, 4.69) is 17.0 Å². The summed E-state index contributed by atoms with van der Waals surface area (Å²) in [5.41, 5.74) is 1.25. The first kappa shape index (κ1) is 9.79. The molecule has 1 aromatic rings. The quantitative estimate of drug-likeness (QED) is 0.532. The van der Waals surface area contributed by atoms with Gasteiger partial charge in [0.25, 0.3) is 0 Å². The van der Waals surface area contributed by atoms with Crippen molar-refractivity contribution in [1.29, 1.82) is 0 Å². The highest BCUT2D eigenvalue weighted by atomic mass is 24.3. The van der Waals surface area contributed by atoms with Crippen molar-refractivity contribution >= 4 is 28.7 Å². The van der Waals surface area contributed by atoms with Crippen molar-refractivity contribution in [3.8, 4) is 0 Å². The Bertz CT molecular complexity index is 172. The highest BCUT2D eigenvalue weighted by Crippen LogP contribution is 2.07. The van der Waals surface area contributed by atoms with Crippen molar-refractivity contribution in [2.45, 2.75) is 0 Å². The number of hydrogen-bond acceptors (Lipinski definition) is 1. The molecule has 10 heavy (non-hydrogen) atoms. The summed E-state index contributed by atoms with van der Waals surface area (Å²) < 4.78 is 0. The largest absolute Gasteiger partial charge is 0.378 e. The average molecular weight is 148 g/mol. The van der Waals surface area contributed by atoms with Gasteiger partial charge in [-0.05, 0) is 12.1 Å². The smallest absolute Gasteiger partial charge is 0.316 e. The Balaban J connectivity index is 0.000000810. The maximum absolute atomic E-state index is 2.08. The SMILES string of the molecule is CN(C)c1ccccc1.[MgH2]. The van der Waals surface area contributed by atoms with E-state index in [0.29, 0.717) is 0 Å². The van der Waals surface area contributed by atoms with Crippen LogP contribution in [0.4, 0.5) is 5.69 Å². The highest BCUT2D eigenvalue weighted by Gasteiger charge is 1.87. The average Bonchev–Trinajstić information content (AvgIpc) is 1.90. The fraction of sp³-hybridized carbons (Fsp3) is 0.250. The van der Waals surface area contributed by atoms with Crippen molar-refractivity contribution in [3.05, 3.63) is 30.3 Å². The standard InChI is InChI=1S/C8H11N.Mg.2H/c1-9(2)8-6-4-3-5-7-8;;;/h3-7H,1-2H3;;;. The number of rotatable bonds is 1. The molecule has 52 valence electrons. The van der Waals surface area contributed by atoms with Gasteiger partial charge >= 0.3 is 23.1 Å². The van der Waals surface area contributed by atoms with E-state index in [1.165, 1.54) is 5.69 Å². The number of hydrogen-bond donors (Lipinski definition) is 0. The van der Waals surface area contributed by atoms with Crippen molar-refractivity contribution < 1.29 is 0 Å². The van der Waals surface area contributed by atoms with Gasteiger partial charge in [0.05, 0.1) is 0 Å². The predicted molar refractivity (Wildman–Crippen MR) is 49.3 cm³/mol. The molecule has 2 heteroatoms. The first-order valence-corrected chi connectivity index (χ1v) is 3.03. The van der Waals surface area contributed by atoms with Crippen LogP contribution >= 0.6 is 0 Å². The molecule has 0 unspecified atom stereocenters. The summed E-state index contributed by atoms with van der Waals surface area (Å²) in [4.78, 5) is 2.08. The topological polar surface area (TPSA) is 3.24 Å². The number of anilines is 1. The van der Waals surface area contributed by atoms with Crippen molar-refractivity contribution in [1.82, 2.24) is 0 Å². The van der Waals surface area contributed by atoms with E-state index in [0.717, 1.165) is 0 Å². The second kappa shape index (κ2) is 4.58. The summed E-state index contributed by atoms with van der Waals surface area (Å²) in [5, 5.41) is 0. The summed E-state index contributed by atoms with van der Waals surface area (Å²) in [5.74, 6) is 0. The molecule has 0 fully saturated rings. The van der Waals surface area contributed by atoms with Gasteiger partial charge in [-0.1, -0.05) is 18.2 Å². The molecule has 0 aromatic heterocycles. The number of nitrogens with zero attached hydrogens (tertiary/aromatic N) is 1. The molecule has 0 aliphatic heterocycles. The van der Waals surface area contributed by atoms with E-state index < -0.39 is 0 Å². The molecule has 1 rings (SSSR count). The lowest BCUT2D eigenvalue weighted by Crippen LogP contribution is -2.07. The zero-order valence-corrected chi connectivity index (χ0v) is 5.83. The van der Waals surface area contributed by atoms with E-state index in [4.69, 9.17) is 0 Å². The highest BCUT2D eigenvalue weighted by molar-refractivity contribution is 5.75. The summed E-state index contributed by atoms with van der Waals surface area (Å²) in [7, 11) is 4.07. The molecule has 0 bridgehead atoms. The lowest BCUT2D eigenvalue weighted by atomic mass is 10.3. The van der Waals surface area contributed by atoms with E-state index in [1.807, 2.05) is 32.3 Å². The van der Waals surface area contributed by atoms with Crippen LogP contribution in [0.5, 0.6) is 0 Å². The second-order valence-corrected chi connectivity index (χ2v) is 2.23. The van der Waals surface area contributed by atoms with Gasteiger partial charge in [-0.2, -0.15) is 0 Å². The van der Waals surface area contributed by atoms with Gasteiger partial charge in [0.2, 0.25) is 0 Å². The van der Waals surface area contributed by atoms with Crippen molar-refractivity contribution in [3.63, 3.8) is 0 Å². The molecule has 0 heterocycles. The lowest BCUT2D eigenvalue weighted by Gasteiger charge is -2.10. The second-order valence-electron chi connectivity index (χ2n) is 2.23. The van der Waals surface area contributed by atoms with E-state index in [-0.39, 0.29) is 23.1 Å². The molecule has 0 spiro atoms. The molecule has 0 atom stereocenters. The Hall–Kier alpha value is -0.214. The van der Waals surface area contributed by atoms with Gasteiger partial charge < -0.3 is 4.90 Å². The fourth-order valence-corrected chi connectivity index (χ4v) is 0.726. The van der Waals surface area contributed by atoms with Crippen LogP contribution in [0, 0.1) is 0 Å². The maximum atomic E-state index is 2.08. The summed E-state index contributed by atoms with van der Waals surface area (Å²) in [6, 6.07) is 10.3. The molecular weight excluding hydrogens is 134 g/mol. The lowest BCUT2D eigenvalue weighted by molar-refractivity contribution is 1.13. The molecule has 0 saturated carbocycles. The van der Waals surface area contributed by atoms with E-state index in [1.54, 1.807) is 0 Å². The number of benzene rings is 1. The maximum Gasteiger partial charge on any atom is 0.316 e. The Morgan fingerprint density at radius 2 is 1.50 bits per heavy atom. The van der Waals surface area contributed by atoms with Crippen LogP contribution in [0.1, 0.15) is 0 Å². The molecular formula is C8H13MgN. The fourth-order valence-electron chi connectivity index (χ4n) is 0.726. The van der Waals surface area contributed by atoms with Crippen LogP contribution in [0.2, 0.25) is 0 Å². The summed E-state index contributed by atoms with van der Waals surface area (Å²) >= 11 is 0. The minimum atomic E-state index is 0. The Morgan fingerprint density at radius 1 is 1.00 bits per heavy atom. The zero-order chi connectivity index (χ0) is 6.69. The zero-order valence-electron chi connectivity index (χ0n) is 5.83. The van der Waals surface area contributed by atoms with Gasteiger partial charge in [-0.15, -0.1) is 0 Å². The minimum absolute atomic E-state index is 0. The minimum Gasteiger partial charge on any atom is -0.378 e. The monoisotopic (exact) mass is 147 g/mol. The first-order chi connectivity index (χ1) is 4.30. The normalized spacial score (nSPS) is 8.20. The summed E-state index contributed by atoms with van der Waals surface area (Å²) in [6.07, 6.45) is 0. The van der Waals surface area contributed by atoms with Crippen LogP contribution in [0.3, 0.4) is 0 Å². The molecule has 0 aliphatic rings. The Labute approximate surface area is 78.2 Å². The van der Waals surface area contributed by atoms with E-state index in [9.17, 15) is 0 Å². The van der Waals surface area contributed by atoms with Crippen LogP contribution in [0.15, 0.2) is 30.3 Å². The Kier molecular flexibility index (Phi) is 4.48. The van der Waals surface area contributed by atoms with Crippen LogP contribution in [-0.2, 0) is 0 Å². The van der Waals surface area contributed by atoms with Gasteiger partial charge in [0, 0.05) is 19.8 Å². The third kappa shape index (κ3) is 2.58. The van der Waals surface area contributed by atoms with E-state index >= 15 is 0 Å². The van der Waals surface area contributed by atoms with Gasteiger partial charge in [0.15, 0.2) is 0 Å².